The van der Waals surface area contributed by atoms with Crippen molar-refractivity contribution in [3.8, 4) is 11.5 Å². The molecular weight excluding hydrogens is 350 g/mol. The van der Waals surface area contributed by atoms with Crippen molar-refractivity contribution in [2.24, 2.45) is 5.92 Å². The first-order chi connectivity index (χ1) is 11.2. The van der Waals surface area contributed by atoms with Crippen molar-refractivity contribution in [3.63, 3.8) is 0 Å². The zero-order valence-corrected chi connectivity index (χ0v) is 14.7. The second-order valence-electron chi connectivity index (χ2n) is 5.78. The van der Waals surface area contributed by atoms with Gasteiger partial charge in [0.2, 0.25) is 0 Å². The molecular formula is C16H17NO5S2. The van der Waals surface area contributed by atoms with Gasteiger partial charge in [-0.1, -0.05) is 43.9 Å². The van der Waals surface area contributed by atoms with Crippen LogP contribution in [0.2, 0.25) is 0 Å². The van der Waals surface area contributed by atoms with Gasteiger partial charge in [-0.2, -0.15) is 0 Å². The summed E-state index contributed by atoms with van der Waals surface area (Å²) < 4.78 is 0.197. The maximum atomic E-state index is 12.6. The Morgan fingerprint density at radius 1 is 1.33 bits per heavy atom. The molecule has 2 rings (SSSR count). The van der Waals surface area contributed by atoms with Gasteiger partial charge in [0.25, 0.3) is 5.91 Å². The molecule has 0 aliphatic carbocycles. The number of rotatable bonds is 5. The fourth-order valence-corrected chi connectivity index (χ4v) is 3.65. The lowest BCUT2D eigenvalue weighted by molar-refractivity contribution is -0.145. The Bertz CT molecular complexity index is 729. The lowest BCUT2D eigenvalue weighted by Crippen LogP contribution is -2.44. The lowest BCUT2D eigenvalue weighted by atomic mass is 10.0. The molecule has 6 nitrogen and oxygen atoms in total. The summed E-state index contributed by atoms with van der Waals surface area (Å²) in [6, 6.07) is 3.15. The van der Waals surface area contributed by atoms with E-state index < -0.39 is 17.9 Å². The highest BCUT2D eigenvalue weighted by atomic mass is 32.2. The minimum absolute atomic E-state index is 0.0915. The van der Waals surface area contributed by atoms with E-state index >= 15 is 0 Å². The van der Waals surface area contributed by atoms with E-state index in [-0.39, 0.29) is 26.6 Å². The van der Waals surface area contributed by atoms with E-state index in [2.05, 4.69) is 0 Å². The summed E-state index contributed by atoms with van der Waals surface area (Å²) in [4.78, 5) is 25.5. The third-order valence-corrected chi connectivity index (χ3v) is 4.74. The molecule has 3 N–H and O–H groups in total. The zero-order valence-electron chi connectivity index (χ0n) is 13.1. The molecule has 24 heavy (non-hydrogen) atoms. The number of hydrogen-bond donors (Lipinski definition) is 3. The quantitative estimate of drug-likeness (QED) is 0.418. The number of nitrogens with zero attached hydrogens (tertiary/aromatic N) is 1. The monoisotopic (exact) mass is 367 g/mol. The molecule has 1 saturated heterocycles. The number of amides is 1. The van der Waals surface area contributed by atoms with Gasteiger partial charge in [-0.05, 0) is 36.1 Å². The van der Waals surface area contributed by atoms with Crippen molar-refractivity contribution in [1.29, 1.82) is 0 Å². The summed E-state index contributed by atoms with van der Waals surface area (Å²) in [6.45, 7) is 3.76. The molecule has 1 fully saturated rings. The summed E-state index contributed by atoms with van der Waals surface area (Å²) in [5.41, 5.74) is 0.501. The maximum Gasteiger partial charge on any atom is 0.326 e. The third-order valence-electron chi connectivity index (χ3n) is 3.41. The fraction of sp³-hybridized carbons (Fsp3) is 0.312. The second kappa shape index (κ2) is 7.23. The van der Waals surface area contributed by atoms with Crippen LogP contribution < -0.4 is 0 Å². The van der Waals surface area contributed by atoms with Gasteiger partial charge in [-0.3, -0.25) is 9.69 Å². The Morgan fingerprint density at radius 3 is 2.54 bits per heavy atom. The number of thioether (sulfide) groups is 1. The summed E-state index contributed by atoms with van der Waals surface area (Å²) in [5.74, 6) is -2.03. The van der Waals surface area contributed by atoms with Crippen molar-refractivity contribution >= 4 is 46.3 Å². The number of carbonyl (C=O) groups excluding carboxylic acids is 1. The lowest BCUT2D eigenvalue weighted by Gasteiger charge is -2.24. The highest BCUT2D eigenvalue weighted by Gasteiger charge is 2.40. The van der Waals surface area contributed by atoms with Crippen LogP contribution in [0, 0.1) is 5.92 Å². The highest BCUT2D eigenvalue weighted by Crippen LogP contribution is 2.36. The van der Waals surface area contributed by atoms with E-state index in [4.69, 9.17) is 12.2 Å². The van der Waals surface area contributed by atoms with Crippen LogP contribution in [0.4, 0.5) is 0 Å². The highest BCUT2D eigenvalue weighted by molar-refractivity contribution is 8.26. The molecule has 1 heterocycles. The molecule has 1 aromatic rings. The van der Waals surface area contributed by atoms with Gasteiger partial charge in [0, 0.05) is 0 Å². The zero-order chi connectivity index (χ0) is 18.0. The van der Waals surface area contributed by atoms with E-state index in [1.807, 2.05) is 13.8 Å². The van der Waals surface area contributed by atoms with Crippen molar-refractivity contribution in [2.45, 2.75) is 26.3 Å². The number of aliphatic carboxylic acids is 1. The number of benzene rings is 1. The van der Waals surface area contributed by atoms with Crippen LogP contribution in [0.25, 0.3) is 6.08 Å². The Hall–Kier alpha value is -2.06. The van der Waals surface area contributed by atoms with Crippen LogP contribution in [0.1, 0.15) is 25.8 Å². The molecule has 1 aromatic carbocycles. The van der Waals surface area contributed by atoms with Gasteiger partial charge in [0.05, 0.1) is 4.91 Å². The number of thiocarbonyl (C=S) groups is 1. The number of carboxylic acid groups (broad SMARTS) is 1. The van der Waals surface area contributed by atoms with Gasteiger partial charge in [0.1, 0.15) is 10.4 Å². The largest absolute Gasteiger partial charge is 0.504 e. The number of phenolic OH excluding ortho intramolecular Hbond substituents is 2. The van der Waals surface area contributed by atoms with Gasteiger partial charge in [-0.15, -0.1) is 0 Å². The normalized spacial score (nSPS) is 17.8. The summed E-state index contributed by atoms with van der Waals surface area (Å²) in [5, 5.41) is 28.3. The van der Waals surface area contributed by atoms with Crippen LogP contribution in [-0.2, 0) is 9.59 Å². The third kappa shape index (κ3) is 3.88. The average Bonchev–Trinajstić information content (AvgIpc) is 2.75. The van der Waals surface area contributed by atoms with Crippen LogP contribution in [0.5, 0.6) is 11.5 Å². The number of phenols is 2. The molecule has 8 heteroatoms. The SMILES string of the molecule is CC(C)CC(C(=O)O)N1C(=O)/C(=C/c2ccc(O)c(O)c2)SC1=S. The Morgan fingerprint density at radius 2 is 2.00 bits per heavy atom. The fourth-order valence-electron chi connectivity index (χ4n) is 2.29. The molecule has 1 atom stereocenters. The van der Waals surface area contributed by atoms with E-state index in [1.165, 1.54) is 24.3 Å². The number of hydrogen-bond acceptors (Lipinski definition) is 6. The summed E-state index contributed by atoms with van der Waals surface area (Å²) in [6.07, 6.45) is 1.81. The van der Waals surface area contributed by atoms with Crippen LogP contribution in [0.15, 0.2) is 23.1 Å². The van der Waals surface area contributed by atoms with Gasteiger partial charge in [-0.25, -0.2) is 4.79 Å². The first-order valence-corrected chi connectivity index (χ1v) is 8.45. The predicted octanol–water partition coefficient (Wildman–Crippen LogP) is 2.80. The molecule has 128 valence electrons. The number of carboxylic acids is 1. The maximum absolute atomic E-state index is 12.6. The Labute approximate surface area is 148 Å². The molecule has 0 radical (unpaired) electrons. The van der Waals surface area contributed by atoms with Crippen molar-refractivity contribution in [3.05, 3.63) is 28.7 Å². The van der Waals surface area contributed by atoms with Gasteiger partial charge < -0.3 is 15.3 Å². The van der Waals surface area contributed by atoms with Gasteiger partial charge >= 0.3 is 5.97 Å². The van der Waals surface area contributed by atoms with E-state index in [0.717, 1.165) is 16.7 Å². The summed E-state index contributed by atoms with van der Waals surface area (Å²) in [7, 11) is 0. The van der Waals surface area contributed by atoms with E-state index in [0.29, 0.717) is 12.0 Å². The minimum atomic E-state index is -1.09. The topological polar surface area (TPSA) is 98.1 Å². The number of aromatic hydroxyl groups is 2. The molecule has 1 unspecified atom stereocenters. The molecule has 0 bridgehead atoms. The molecule has 0 aromatic heterocycles. The van der Waals surface area contributed by atoms with Crippen molar-refractivity contribution in [2.75, 3.05) is 0 Å². The standard InChI is InChI=1S/C16H17NO5S2/c1-8(2)5-10(15(21)22)17-14(20)13(24-16(17)23)7-9-3-4-11(18)12(19)6-9/h3-4,6-8,10,18-19H,5H2,1-2H3,(H,21,22)/b13-7-. The molecule has 1 aliphatic heterocycles. The predicted molar refractivity (Wildman–Crippen MR) is 95.7 cm³/mol. The smallest absolute Gasteiger partial charge is 0.326 e. The first kappa shape index (κ1) is 18.3. The Kier molecular flexibility index (Phi) is 5.51. The summed E-state index contributed by atoms with van der Waals surface area (Å²) >= 11 is 6.20. The minimum Gasteiger partial charge on any atom is -0.504 e. The van der Waals surface area contributed by atoms with Crippen molar-refractivity contribution in [1.82, 2.24) is 4.90 Å². The van der Waals surface area contributed by atoms with E-state index in [1.54, 1.807) is 0 Å². The Balaban J connectivity index is 2.31. The van der Waals surface area contributed by atoms with Crippen molar-refractivity contribution < 1.29 is 24.9 Å². The van der Waals surface area contributed by atoms with Gasteiger partial charge in [0.15, 0.2) is 11.5 Å². The van der Waals surface area contributed by atoms with Crippen LogP contribution in [-0.4, -0.2) is 42.5 Å². The second-order valence-corrected chi connectivity index (χ2v) is 7.46. The molecule has 0 spiro atoms. The first-order valence-electron chi connectivity index (χ1n) is 7.22. The molecule has 0 saturated carbocycles. The van der Waals surface area contributed by atoms with Crippen LogP contribution in [0.3, 0.4) is 0 Å². The molecule has 1 amide bonds. The molecule has 1 aliphatic rings. The number of carbonyl (C=O) groups is 2. The van der Waals surface area contributed by atoms with E-state index in [9.17, 15) is 24.9 Å². The average molecular weight is 367 g/mol. The van der Waals surface area contributed by atoms with Crippen LogP contribution >= 0.6 is 24.0 Å².